The number of ether oxygens (including phenoxy) is 1. The summed E-state index contributed by atoms with van der Waals surface area (Å²) in [6.07, 6.45) is 1.57. The molecule has 0 atom stereocenters. The SMILES string of the molecule is COCCNC(=O)CCNC(=O)c1nc(SCc2ccc(C)cc2)ncc1Cl. The van der Waals surface area contributed by atoms with Gasteiger partial charge in [-0.25, -0.2) is 9.97 Å². The molecular weight excluding hydrogens is 400 g/mol. The maximum absolute atomic E-state index is 12.3. The lowest BCUT2D eigenvalue weighted by Crippen LogP contribution is -2.32. The van der Waals surface area contributed by atoms with E-state index in [9.17, 15) is 9.59 Å². The number of carbonyl (C=O) groups is 2. The molecule has 1 aromatic carbocycles. The molecule has 0 radical (unpaired) electrons. The van der Waals surface area contributed by atoms with E-state index < -0.39 is 5.91 Å². The lowest BCUT2D eigenvalue weighted by molar-refractivity contribution is -0.121. The van der Waals surface area contributed by atoms with Crippen LogP contribution < -0.4 is 10.6 Å². The van der Waals surface area contributed by atoms with E-state index in [4.69, 9.17) is 16.3 Å². The Hall–Kier alpha value is -2.16. The van der Waals surface area contributed by atoms with Crippen LogP contribution in [0.2, 0.25) is 5.02 Å². The Morgan fingerprint density at radius 2 is 1.93 bits per heavy atom. The van der Waals surface area contributed by atoms with Crippen LogP contribution in [0.1, 0.15) is 28.0 Å². The Balaban J connectivity index is 1.86. The molecule has 150 valence electrons. The molecule has 0 spiro atoms. The van der Waals surface area contributed by atoms with Gasteiger partial charge in [0, 0.05) is 32.4 Å². The second-order valence-electron chi connectivity index (χ2n) is 5.97. The van der Waals surface area contributed by atoms with E-state index in [2.05, 4.69) is 20.6 Å². The molecule has 28 heavy (non-hydrogen) atoms. The zero-order valence-corrected chi connectivity index (χ0v) is 17.4. The second kappa shape index (κ2) is 11.6. The number of nitrogens with zero attached hydrogens (tertiary/aromatic N) is 2. The third-order valence-electron chi connectivity index (χ3n) is 3.69. The first-order valence-electron chi connectivity index (χ1n) is 8.74. The van der Waals surface area contributed by atoms with Gasteiger partial charge in [-0.3, -0.25) is 9.59 Å². The van der Waals surface area contributed by atoms with Crippen LogP contribution in [0, 0.1) is 6.92 Å². The van der Waals surface area contributed by atoms with E-state index in [0.29, 0.717) is 24.1 Å². The molecule has 0 aliphatic heterocycles. The maximum Gasteiger partial charge on any atom is 0.271 e. The first-order valence-corrected chi connectivity index (χ1v) is 10.1. The van der Waals surface area contributed by atoms with E-state index in [1.54, 1.807) is 7.11 Å². The van der Waals surface area contributed by atoms with Gasteiger partial charge in [0.25, 0.3) is 5.91 Å². The van der Waals surface area contributed by atoms with Crippen LogP contribution in [0.25, 0.3) is 0 Å². The van der Waals surface area contributed by atoms with Gasteiger partial charge >= 0.3 is 0 Å². The lowest BCUT2D eigenvalue weighted by Gasteiger charge is -2.08. The fraction of sp³-hybridized carbons (Fsp3) is 0.368. The molecule has 0 unspecified atom stereocenters. The Bertz CT molecular complexity index is 802. The van der Waals surface area contributed by atoms with Crippen LogP contribution in [0.5, 0.6) is 0 Å². The quantitative estimate of drug-likeness (QED) is 0.347. The van der Waals surface area contributed by atoms with Crippen molar-refractivity contribution >= 4 is 35.2 Å². The largest absolute Gasteiger partial charge is 0.383 e. The fourth-order valence-electron chi connectivity index (χ4n) is 2.17. The molecule has 1 aromatic heterocycles. The molecule has 1 heterocycles. The molecule has 0 saturated carbocycles. The van der Waals surface area contributed by atoms with Crippen LogP contribution in [0.15, 0.2) is 35.6 Å². The van der Waals surface area contributed by atoms with Crippen molar-refractivity contribution in [2.45, 2.75) is 24.3 Å². The Morgan fingerprint density at radius 1 is 1.18 bits per heavy atom. The number of rotatable bonds is 10. The van der Waals surface area contributed by atoms with Crippen molar-refractivity contribution in [1.29, 1.82) is 0 Å². The smallest absolute Gasteiger partial charge is 0.271 e. The Morgan fingerprint density at radius 3 is 2.64 bits per heavy atom. The maximum atomic E-state index is 12.3. The van der Waals surface area contributed by atoms with Gasteiger partial charge in [-0.05, 0) is 12.5 Å². The molecule has 0 saturated heterocycles. The topological polar surface area (TPSA) is 93.2 Å². The van der Waals surface area contributed by atoms with Crippen molar-refractivity contribution in [2.75, 3.05) is 26.8 Å². The van der Waals surface area contributed by atoms with Crippen LogP contribution in [-0.2, 0) is 15.3 Å². The number of aromatic nitrogens is 2. The summed E-state index contributed by atoms with van der Waals surface area (Å²) in [5, 5.41) is 5.97. The molecule has 2 amide bonds. The van der Waals surface area contributed by atoms with Gasteiger partial charge in [-0.1, -0.05) is 53.2 Å². The minimum absolute atomic E-state index is 0.0999. The molecule has 2 N–H and O–H groups in total. The fourth-order valence-corrected chi connectivity index (χ4v) is 3.11. The molecule has 2 aromatic rings. The minimum Gasteiger partial charge on any atom is -0.383 e. The van der Waals surface area contributed by atoms with Crippen LogP contribution in [0.3, 0.4) is 0 Å². The van der Waals surface area contributed by atoms with Crippen molar-refractivity contribution in [3.8, 4) is 0 Å². The monoisotopic (exact) mass is 422 g/mol. The third-order valence-corrected chi connectivity index (χ3v) is 4.90. The zero-order chi connectivity index (χ0) is 20.4. The van der Waals surface area contributed by atoms with Gasteiger partial charge in [0.1, 0.15) is 0 Å². The first-order chi connectivity index (χ1) is 13.5. The molecule has 7 nitrogen and oxygen atoms in total. The standard InChI is InChI=1S/C19H23ClN4O3S/c1-13-3-5-14(6-4-13)12-28-19-23-11-15(20)17(24-19)18(26)22-8-7-16(25)21-9-10-27-2/h3-6,11H,7-10,12H2,1-2H3,(H,21,25)(H,22,26). The van der Waals surface area contributed by atoms with E-state index in [0.717, 1.165) is 5.56 Å². The number of halogens is 1. The predicted octanol–water partition coefficient (Wildman–Crippen LogP) is 2.61. The van der Waals surface area contributed by atoms with Crippen LogP contribution in [-0.4, -0.2) is 48.6 Å². The number of aryl methyl sites for hydroxylation is 1. The summed E-state index contributed by atoms with van der Waals surface area (Å²) in [5.74, 6) is 0.0831. The van der Waals surface area contributed by atoms with E-state index in [1.807, 2.05) is 31.2 Å². The highest BCUT2D eigenvalue weighted by atomic mass is 35.5. The number of carbonyl (C=O) groups excluding carboxylic acids is 2. The average Bonchev–Trinajstić information content (AvgIpc) is 2.68. The van der Waals surface area contributed by atoms with Crippen LogP contribution in [0.4, 0.5) is 0 Å². The number of benzene rings is 1. The van der Waals surface area contributed by atoms with Crippen LogP contribution >= 0.6 is 23.4 Å². The van der Waals surface area contributed by atoms with Crippen molar-refractivity contribution in [3.05, 3.63) is 52.3 Å². The summed E-state index contributed by atoms with van der Waals surface area (Å²) in [5.41, 5.74) is 2.44. The van der Waals surface area contributed by atoms with Crippen molar-refractivity contribution in [1.82, 2.24) is 20.6 Å². The highest BCUT2D eigenvalue weighted by molar-refractivity contribution is 7.98. The molecule has 0 aliphatic carbocycles. The summed E-state index contributed by atoms with van der Waals surface area (Å²) in [4.78, 5) is 32.4. The average molecular weight is 423 g/mol. The highest BCUT2D eigenvalue weighted by Crippen LogP contribution is 2.22. The molecule has 9 heteroatoms. The Kier molecular flexibility index (Phi) is 9.19. The van der Waals surface area contributed by atoms with Gasteiger partial charge in [-0.15, -0.1) is 0 Å². The molecule has 0 bridgehead atoms. The zero-order valence-electron chi connectivity index (χ0n) is 15.8. The van der Waals surface area contributed by atoms with Gasteiger partial charge in [0.05, 0.1) is 17.8 Å². The lowest BCUT2D eigenvalue weighted by atomic mass is 10.2. The number of amides is 2. The number of hydrogen-bond acceptors (Lipinski definition) is 6. The van der Waals surface area contributed by atoms with E-state index in [-0.39, 0.29) is 29.6 Å². The van der Waals surface area contributed by atoms with Gasteiger partial charge in [0.2, 0.25) is 5.91 Å². The summed E-state index contributed by atoms with van der Waals surface area (Å²) in [7, 11) is 1.56. The molecule has 0 fully saturated rings. The number of methoxy groups -OCH3 is 1. The Labute approximate surface area is 173 Å². The summed E-state index contributed by atoms with van der Waals surface area (Å²) in [6.45, 7) is 3.09. The van der Waals surface area contributed by atoms with Gasteiger partial charge < -0.3 is 15.4 Å². The number of nitrogens with one attached hydrogen (secondary N) is 2. The van der Waals surface area contributed by atoms with Gasteiger partial charge in [0.15, 0.2) is 10.9 Å². The summed E-state index contributed by atoms with van der Waals surface area (Å²) >= 11 is 7.49. The summed E-state index contributed by atoms with van der Waals surface area (Å²) in [6, 6.07) is 8.18. The number of hydrogen-bond donors (Lipinski definition) is 2. The van der Waals surface area contributed by atoms with Crippen molar-refractivity contribution < 1.29 is 14.3 Å². The highest BCUT2D eigenvalue weighted by Gasteiger charge is 2.14. The first kappa shape index (κ1) is 22.1. The molecule has 0 aliphatic rings. The van der Waals surface area contributed by atoms with E-state index in [1.165, 1.54) is 23.5 Å². The molecular formula is C19H23ClN4O3S. The normalized spacial score (nSPS) is 10.5. The predicted molar refractivity (Wildman–Crippen MR) is 110 cm³/mol. The second-order valence-corrected chi connectivity index (χ2v) is 7.32. The van der Waals surface area contributed by atoms with Gasteiger partial charge in [-0.2, -0.15) is 0 Å². The van der Waals surface area contributed by atoms with Crippen molar-refractivity contribution in [3.63, 3.8) is 0 Å². The van der Waals surface area contributed by atoms with E-state index >= 15 is 0 Å². The third kappa shape index (κ3) is 7.46. The minimum atomic E-state index is -0.436. The number of thioether (sulfide) groups is 1. The molecule has 2 rings (SSSR count). The van der Waals surface area contributed by atoms with Crippen molar-refractivity contribution in [2.24, 2.45) is 0 Å². The summed E-state index contributed by atoms with van der Waals surface area (Å²) < 4.78 is 4.86.